The number of rotatable bonds is 3. The molecule has 1 aromatic rings. The first-order valence-corrected chi connectivity index (χ1v) is 8.28. The molecule has 18 heavy (non-hydrogen) atoms. The molecular weight excluding hydrogens is 310 g/mol. The van der Waals surface area contributed by atoms with Gasteiger partial charge in [-0.25, -0.2) is 0 Å². The van der Waals surface area contributed by atoms with Crippen LogP contribution in [0.1, 0.15) is 31.2 Å². The Morgan fingerprint density at radius 1 is 1.50 bits per heavy atom. The normalized spacial score (nSPS) is 29.8. The number of halogens is 1. The third-order valence-corrected chi connectivity index (χ3v) is 6.03. The molecule has 2 aliphatic rings. The fraction of sp³-hybridized carbons (Fsp3) is 0.643. The molecule has 2 bridgehead atoms. The first-order chi connectivity index (χ1) is 8.63. The van der Waals surface area contributed by atoms with E-state index in [2.05, 4.69) is 27.4 Å². The number of carbonyl (C=O) groups excluding carboxylic acids is 1. The van der Waals surface area contributed by atoms with Gasteiger partial charge in [0.2, 0.25) is 5.91 Å². The Morgan fingerprint density at radius 3 is 2.89 bits per heavy atom. The van der Waals surface area contributed by atoms with Gasteiger partial charge in [0.25, 0.3) is 0 Å². The zero-order valence-electron chi connectivity index (χ0n) is 10.6. The first kappa shape index (κ1) is 12.7. The predicted molar refractivity (Wildman–Crippen MR) is 77.4 cm³/mol. The number of carbonyl (C=O) groups is 1. The molecule has 0 saturated heterocycles. The lowest BCUT2D eigenvalue weighted by Gasteiger charge is -2.26. The summed E-state index contributed by atoms with van der Waals surface area (Å²) in [4.78, 5) is 14.4. The van der Waals surface area contributed by atoms with Crippen LogP contribution < -0.4 is 0 Å². The summed E-state index contributed by atoms with van der Waals surface area (Å²) in [5.41, 5.74) is 1.23. The predicted octanol–water partition coefficient (Wildman–Crippen LogP) is 3.91. The van der Waals surface area contributed by atoms with Crippen molar-refractivity contribution in [1.29, 1.82) is 0 Å². The topological polar surface area (TPSA) is 20.3 Å². The van der Waals surface area contributed by atoms with Crippen molar-refractivity contribution < 1.29 is 4.79 Å². The minimum absolute atomic E-state index is 0.316. The van der Waals surface area contributed by atoms with Gasteiger partial charge in [0, 0.05) is 19.5 Å². The first-order valence-electron chi connectivity index (χ1n) is 6.61. The summed E-state index contributed by atoms with van der Waals surface area (Å²) in [7, 11) is 1.94. The van der Waals surface area contributed by atoms with Crippen LogP contribution in [0.4, 0.5) is 0 Å². The number of hydrogen-bond acceptors (Lipinski definition) is 2. The number of thiophene rings is 1. The number of hydrogen-bond donors (Lipinski definition) is 0. The molecule has 0 radical (unpaired) electrons. The molecule has 3 unspecified atom stereocenters. The molecular formula is C14H18BrNOS. The highest BCUT2D eigenvalue weighted by molar-refractivity contribution is 9.11. The van der Waals surface area contributed by atoms with Crippen LogP contribution in [-0.2, 0) is 11.3 Å². The van der Waals surface area contributed by atoms with Crippen LogP contribution in [0.5, 0.6) is 0 Å². The highest BCUT2D eigenvalue weighted by atomic mass is 79.9. The average molecular weight is 328 g/mol. The van der Waals surface area contributed by atoms with E-state index in [0.717, 1.165) is 22.7 Å². The van der Waals surface area contributed by atoms with Crippen molar-refractivity contribution in [2.45, 2.75) is 32.2 Å². The van der Waals surface area contributed by atoms with E-state index in [9.17, 15) is 4.79 Å². The lowest BCUT2D eigenvalue weighted by Crippen LogP contribution is -2.34. The molecule has 2 nitrogen and oxygen atoms in total. The molecule has 1 aromatic heterocycles. The van der Waals surface area contributed by atoms with E-state index in [1.807, 2.05) is 11.9 Å². The van der Waals surface area contributed by atoms with Crippen LogP contribution in [0.2, 0.25) is 0 Å². The molecule has 98 valence electrons. The van der Waals surface area contributed by atoms with E-state index in [0.29, 0.717) is 17.7 Å². The summed E-state index contributed by atoms with van der Waals surface area (Å²) < 4.78 is 1.14. The quantitative estimate of drug-likeness (QED) is 0.824. The van der Waals surface area contributed by atoms with Crippen LogP contribution in [0.25, 0.3) is 0 Å². The van der Waals surface area contributed by atoms with Crippen molar-refractivity contribution in [1.82, 2.24) is 4.90 Å². The largest absolute Gasteiger partial charge is 0.341 e. The smallest absolute Gasteiger partial charge is 0.226 e. The van der Waals surface area contributed by atoms with Gasteiger partial charge < -0.3 is 4.90 Å². The van der Waals surface area contributed by atoms with E-state index in [1.54, 1.807) is 11.3 Å². The van der Waals surface area contributed by atoms with Crippen LogP contribution in [0, 0.1) is 17.8 Å². The second-order valence-corrected chi connectivity index (χ2v) is 8.03. The van der Waals surface area contributed by atoms with Crippen molar-refractivity contribution in [3.05, 3.63) is 20.8 Å². The molecule has 0 aliphatic heterocycles. The fourth-order valence-corrected chi connectivity index (χ4v) is 4.81. The maximum absolute atomic E-state index is 12.5. The molecule has 0 spiro atoms. The van der Waals surface area contributed by atoms with Crippen LogP contribution in [0.15, 0.2) is 15.2 Å². The van der Waals surface area contributed by atoms with Crippen molar-refractivity contribution in [2.75, 3.05) is 7.05 Å². The van der Waals surface area contributed by atoms with Crippen LogP contribution in [-0.4, -0.2) is 17.9 Å². The summed E-state index contributed by atoms with van der Waals surface area (Å²) in [6.07, 6.45) is 5.07. The molecule has 2 saturated carbocycles. The Balaban J connectivity index is 1.62. The number of fused-ring (bicyclic) bond motifs is 2. The maximum Gasteiger partial charge on any atom is 0.226 e. The highest BCUT2D eigenvalue weighted by Crippen LogP contribution is 2.48. The van der Waals surface area contributed by atoms with Gasteiger partial charge in [-0.05, 0) is 64.0 Å². The fourth-order valence-electron chi connectivity index (χ4n) is 3.61. The van der Waals surface area contributed by atoms with Crippen molar-refractivity contribution in [2.24, 2.45) is 17.8 Å². The zero-order valence-corrected chi connectivity index (χ0v) is 13.0. The van der Waals surface area contributed by atoms with Crippen molar-refractivity contribution in [3.8, 4) is 0 Å². The van der Waals surface area contributed by atoms with Gasteiger partial charge >= 0.3 is 0 Å². The average Bonchev–Trinajstić information content (AvgIpc) is 3.04. The Kier molecular flexibility index (Phi) is 3.50. The zero-order chi connectivity index (χ0) is 12.7. The second kappa shape index (κ2) is 4.97. The highest BCUT2D eigenvalue weighted by Gasteiger charge is 2.43. The Morgan fingerprint density at radius 2 is 2.33 bits per heavy atom. The maximum atomic E-state index is 12.5. The SMILES string of the molecule is CN(Cc1csc(Br)c1)C(=O)C1CC2CCC1C2. The van der Waals surface area contributed by atoms with Crippen molar-refractivity contribution >= 4 is 33.2 Å². The molecule has 2 fully saturated rings. The van der Waals surface area contributed by atoms with E-state index < -0.39 is 0 Å². The Bertz CT molecular complexity index is 458. The molecule has 3 atom stereocenters. The molecule has 1 amide bonds. The molecule has 0 N–H and O–H groups in total. The van der Waals surface area contributed by atoms with Gasteiger partial charge in [0.15, 0.2) is 0 Å². The van der Waals surface area contributed by atoms with Gasteiger partial charge in [-0.3, -0.25) is 4.79 Å². The lowest BCUT2D eigenvalue weighted by molar-refractivity contribution is -0.136. The van der Waals surface area contributed by atoms with Gasteiger partial charge in [-0.1, -0.05) is 6.42 Å². The van der Waals surface area contributed by atoms with Gasteiger partial charge in [-0.2, -0.15) is 0 Å². The van der Waals surface area contributed by atoms with Gasteiger partial charge in [0.05, 0.1) is 3.79 Å². The Hall–Kier alpha value is -0.350. The van der Waals surface area contributed by atoms with Crippen molar-refractivity contribution in [3.63, 3.8) is 0 Å². The summed E-state index contributed by atoms with van der Waals surface area (Å²) in [6, 6.07) is 2.11. The van der Waals surface area contributed by atoms with Gasteiger partial charge in [0.1, 0.15) is 0 Å². The minimum Gasteiger partial charge on any atom is -0.341 e. The van der Waals surface area contributed by atoms with Crippen LogP contribution >= 0.6 is 27.3 Å². The van der Waals surface area contributed by atoms with E-state index in [-0.39, 0.29) is 0 Å². The molecule has 2 aliphatic carbocycles. The van der Waals surface area contributed by atoms with Crippen LogP contribution in [0.3, 0.4) is 0 Å². The monoisotopic (exact) mass is 327 g/mol. The Labute approximate surface area is 120 Å². The summed E-state index contributed by atoms with van der Waals surface area (Å²) in [5, 5.41) is 2.12. The third kappa shape index (κ3) is 2.37. The minimum atomic E-state index is 0.316. The second-order valence-electron chi connectivity index (χ2n) is 5.73. The van der Waals surface area contributed by atoms with E-state index >= 15 is 0 Å². The standard InChI is InChI=1S/C14H18BrNOS/c1-16(7-10-6-13(15)18-8-10)14(17)12-5-9-2-3-11(12)4-9/h6,8-9,11-12H,2-5,7H2,1H3. The summed E-state index contributed by atoms with van der Waals surface area (Å²) in [5.74, 6) is 2.20. The lowest BCUT2D eigenvalue weighted by atomic mass is 9.88. The third-order valence-electron chi connectivity index (χ3n) is 4.47. The molecule has 4 heteroatoms. The van der Waals surface area contributed by atoms with E-state index in [1.165, 1.54) is 24.8 Å². The number of amides is 1. The molecule has 3 rings (SSSR count). The van der Waals surface area contributed by atoms with E-state index in [4.69, 9.17) is 0 Å². The summed E-state index contributed by atoms with van der Waals surface area (Å²) >= 11 is 5.15. The molecule has 1 heterocycles. The summed E-state index contributed by atoms with van der Waals surface area (Å²) in [6.45, 7) is 0.745. The van der Waals surface area contributed by atoms with Gasteiger partial charge in [-0.15, -0.1) is 11.3 Å². The molecule has 0 aromatic carbocycles. The number of nitrogens with zero attached hydrogens (tertiary/aromatic N) is 1.